The second-order valence-electron chi connectivity index (χ2n) is 1.56. The fourth-order valence-electron chi connectivity index (χ4n) is 0.437. The Kier molecular flexibility index (Phi) is 12.6. The molecule has 0 bridgehead atoms. The highest BCUT2D eigenvalue weighted by Gasteiger charge is 1.95. The largest absolute Gasteiger partial charge is 0.466 e. The van der Waals surface area contributed by atoms with E-state index in [0.717, 1.165) is 6.42 Å². The molecular weight excluding hydrogens is 132 g/mol. The third-order valence-corrected chi connectivity index (χ3v) is 0.759. The van der Waals surface area contributed by atoms with E-state index in [1.165, 1.54) is 0 Å². The Morgan fingerprint density at radius 3 is 2.20 bits per heavy atom. The Hall–Kier alpha value is -1.11. The lowest BCUT2D eigenvalue weighted by Crippen LogP contribution is -2.01. The first-order valence-electron chi connectivity index (χ1n) is 3.16. The molecule has 0 aliphatic rings. The Balaban J connectivity index is 0. The minimum Gasteiger partial charge on any atom is -0.466 e. The smallest absolute Gasteiger partial charge is 0.305 e. The van der Waals surface area contributed by atoms with Crippen LogP contribution in [0.5, 0.6) is 0 Å². The van der Waals surface area contributed by atoms with Crippen LogP contribution in [0.25, 0.3) is 0 Å². The molecule has 0 unspecified atom stereocenters. The second-order valence-corrected chi connectivity index (χ2v) is 1.56. The lowest BCUT2D eigenvalue weighted by molar-refractivity contribution is -0.143. The number of carbonyl (C=O) groups is 1. The van der Waals surface area contributed by atoms with Crippen LogP contribution >= 0.6 is 0 Å². The van der Waals surface area contributed by atoms with Gasteiger partial charge >= 0.3 is 5.97 Å². The van der Waals surface area contributed by atoms with Gasteiger partial charge in [0.05, 0.1) is 6.61 Å². The molecule has 0 aromatic carbocycles. The van der Waals surface area contributed by atoms with Gasteiger partial charge in [-0.3, -0.25) is 4.79 Å². The summed E-state index contributed by atoms with van der Waals surface area (Å²) in [6, 6.07) is 0. The minimum atomic E-state index is -0.0880. The fraction of sp³-hybridized carbons (Fsp3) is 0.833. The van der Waals surface area contributed by atoms with E-state index >= 15 is 0 Å². The molecule has 0 aromatic heterocycles. The predicted octanol–water partition coefficient (Wildman–Crippen LogP) is 1.38. The van der Waals surface area contributed by atoms with Crippen LogP contribution in [0.2, 0.25) is 0 Å². The maximum absolute atomic E-state index is 10.4. The quantitative estimate of drug-likeness (QED) is 0.443. The van der Waals surface area contributed by atoms with Gasteiger partial charge in [0, 0.05) is 17.2 Å². The molecule has 0 aliphatic heterocycles. The number of carbonyl (C=O) groups excluding carboxylic acids is 1. The van der Waals surface area contributed by atoms with Gasteiger partial charge in [0.2, 0.25) is 0 Å². The molecule has 58 valence electrons. The molecule has 0 aliphatic carbocycles. The lowest BCUT2D eigenvalue weighted by Gasteiger charge is -1.96. The van der Waals surface area contributed by atoms with Crippen LogP contribution in [0, 0.1) is 10.8 Å². The normalized spacial score (nSPS) is 7.20. The van der Waals surface area contributed by atoms with Gasteiger partial charge in [-0.15, -0.1) is 0 Å². The Morgan fingerprint density at radius 2 is 1.90 bits per heavy atom. The van der Waals surface area contributed by atoms with Gasteiger partial charge in [-0.1, -0.05) is 6.92 Å². The van der Waals surface area contributed by atoms with Crippen molar-refractivity contribution in [3.8, 4) is 0 Å². The van der Waals surface area contributed by atoms with Crippen molar-refractivity contribution >= 4 is 5.97 Å². The summed E-state index contributed by atoms with van der Waals surface area (Å²) in [5, 5.41) is 12.0. The third kappa shape index (κ3) is 10.00. The fourth-order valence-corrected chi connectivity index (χ4v) is 0.437. The monoisotopic (exact) mass is 144 g/mol. The molecule has 0 saturated heterocycles. The second kappa shape index (κ2) is 10.8. The molecule has 0 amide bonds. The van der Waals surface area contributed by atoms with E-state index < -0.39 is 0 Å². The molecule has 0 aromatic rings. The van der Waals surface area contributed by atoms with Gasteiger partial charge in [-0.2, -0.15) is 0 Å². The van der Waals surface area contributed by atoms with Crippen LogP contribution in [0.15, 0.2) is 0 Å². The van der Waals surface area contributed by atoms with E-state index in [1.54, 1.807) is 0 Å². The predicted molar refractivity (Wildman–Crippen MR) is 35.0 cm³/mol. The Labute approximate surface area is 60.6 Å². The van der Waals surface area contributed by atoms with Gasteiger partial charge < -0.3 is 4.74 Å². The zero-order valence-corrected chi connectivity index (χ0v) is 6.33. The standard InChI is InChI=1S/C6H12O2.N2/c1-3-5-6(7)8-4-2;1-2/h3-5H2,1-2H3;. The molecule has 10 heavy (non-hydrogen) atoms. The van der Waals surface area contributed by atoms with Crippen LogP contribution in [0.4, 0.5) is 0 Å². The Bertz CT molecular complexity index is 93.2. The molecule has 4 nitrogen and oxygen atoms in total. The first-order chi connectivity index (χ1) is 4.81. The van der Waals surface area contributed by atoms with Gasteiger partial charge in [0.25, 0.3) is 0 Å². The maximum atomic E-state index is 10.4. The molecule has 0 saturated carbocycles. The van der Waals surface area contributed by atoms with Crippen LogP contribution in [-0.2, 0) is 9.53 Å². The minimum absolute atomic E-state index is 0.0880. The average Bonchev–Trinajstić information content (AvgIpc) is 1.93. The summed E-state index contributed by atoms with van der Waals surface area (Å²) < 4.78 is 4.64. The van der Waals surface area contributed by atoms with Crippen molar-refractivity contribution in [2.45, 2.75) is 26.7 Å². The topological polar surface area (TPSA) is 73.9 Å². The number of hydrogen-bond donors (Lipinski definition) is 0. The van der Waals surface area contributed by atoms with Crippen LogP contribution in [0.3, 0.4) is 0 Å². The summed E-state index contributed by atoms with van der Waals surface area (Å²) in [4.78, 5) is 10.4. The van der Waals surface area contributed by atoms with E-state index in [4.69, 9.17) is 10.8 Å². The van der Waals surface area contributed by atoms with Gasteiger partial charge in [0.1, 0.15) is 0 Å². The van der Waals surface area contributed by atoms with Gasteiger partial charge in [0.15, 0.2) is 0 Å². The van der Waals surface area contributed by atoms with Crippen molar-refractivity contribution < 1.29 is 9.53 Å². The van der Waals surface area contributed by atoms with Gasteiger partial charge in [-0.05, 0) is 13.3 Å². The van der Waals surface area contributed by atoms with Crippen LogP contribution < -0.4 is 0 Å². The lowest BCUT2D eigenvalue weighted by atomic mass is 10.3. The molecule has 4 heteroatoms. The van der Waals surface area contributed by atoms with Crippen LogP contribution in [-0.4, -0.2) is 12.6 Å². The van der Waals surface area contributed by atoms with Gasteiger partial charge in [-0.25, -0.2) is 0 Å². The Morgan fingerprint density at radius 1 is 1.40 bits per heavy atom. The molecule has 0 radical (unpaired) electrons. The number of esters is 1. The summed E-state index contributed by atoms with van der Waals surface area (Å²) >= 11 is 0. The first-order valence-corrected chi connectivity index (χ1v) is 3.16. The van der Waals surface area contributed by atoms with Crippen molar-refractivity contribution in [3.05, 3.63) is 0 Å². The van der Waals surface area contributed by atoms with Crippen molar-refractivity contribution in [1.82, 2.24) is 0 Å². The van der Waals surface area contributed by atoms with E-state index in [2.05, 4.69) is 4.74 Å². The summed E-state index contributed by atoms with van der Waals surface area (Å²) in [6.45, 7) is 4.27. The molecule has 0 heterocycles. The average molecular weight is 144 g/mol. The molecular formula is C6H12N2O2. The number of hydrogen-bond acceptors (Lipinski definition) is 4. The van der Waals surface area contributed by atoms with E-state index in [9.17, 15) is 4.79 Å². The molecule has 0 N–H and O–H groups in total. The summed E-state index contributed by atoms with van der Waals surface area (Å²) in [5.41, 5.74) is 0. The maximum Gasteiger partial charge on any atom is 0.305 e. The van der Waals surface area contributed by atoms with E-state index in [0.29, 0.717) is 13.0 Å². The zero-order valence-electron chi connectivity index (χ0n) is 6.33. The van der Waals surface area contributed by atoms with Crippen molar-refractivity contribution in [2.75, 3.05) is 6.61 Å². The van der Waals surface area contributed by atoms with Crippen LogP contribution in [0.1, 0.15) is 26.7 Å². The van der Waals surface area contributed by atoms with Crippen molar-refractivity contribution in [2.24, 2.45) is 0 Å². The highest BCUT2D eigenvalue weighted by atomic mass is 16.5. The van der Waals surface area contributed by atoms with E-state index in [-0.39, 0.29) is 5.97 Å². The summed E-state index contributed by atoms with van der Waals surface area (Å²) in [6.07, 6.45) is 1.42. The highest BCUT2D eigenvalue weighted by molar-refractivity contribution is 5.69. The number of rotatable bonds is 3. The number of nitrogens with zero attached hydrogens (tertiary/aromatic N) is 2. The first kappa shape index (κ1) is 11.7. The molecule has 0 spiro atoms. The third-order valence-electron chi connectivity index (χ3n) is 0.759. The summed E-state index contributed by atoms with van der Waals surface area (Å²) in [7, 11) is 0. The van der Waals surface area contributed by atoms with Crippen molar-refractivity contribution in [3.63, 3.8) is 0 Å². The number of ether oxygens (including phenoxy) is 1. The molecule has 0 rings (SSSR count). The SMILES string of the molecule is CCCC(=O)OCC.N#N. The van der Waals surface area contributed by atoms with E-state index in [1.807, 2.05) is 13.8 Å². The molecule has 0 atom stereocenters. The summed E-state index contributed by atoms with van der Waals surface area (Å²) in [5.74, 6) is -0.0880. The molecule has 0 fully saturated rings. The zero-order chi connectivity index (χ0) is 8.41. The van der Waals surface area contributed by atoms with Crippen molar-refractivity contribution in [1.29, 1.82) is 10.8 Å². The highest BCUT2D eigenvalue weighted by Crippen LogP contribution is 1.89.